The van der Waals surface area contributed by atoms with Gasteiger partial charge in [0.15, 0.2) is 5.96 Å². The number of nitrogens with zero attached hydrogens (tertiary/aromatic N) is 1. The van der Waals surface area contributed by atoms with E-state index in [4.69, 9.17) is 4.74 Å². The number of carbonyl (C=O) groups excluding carboxylic acids is 1. The fourth-order valence-corrected chi connectivity index (χ4v) is 1.82. The summed E-state index contributed by atoms with van der Waals surface area (Å²) in [6, 6.07) is 7.83. The number of amides is 1. The van der Waals surface area contributed by atoms with Crippen molar-refractivity contribution in [3.8, 4) is 5.75 Å². The first kappa shape index (κ1) is 17.8. The van der Waals surface area contributed by atoms with Gasteiger partial charge >= 0.3 is 0 Å². The zero-order chi connectivity index (χ0) is 16.4. The van der Waals surface area contributed by atoms with Gasteiger partial charge in [-0.25, -0.2) is 0 Å². The number of para-hydroxylation sites is 1. The number of methoxy groups -OCH3 is 1. The lowest BCUT2D eigenvalue weighted by molar-refractivity contribution is -0.123. The molecule has 6 nitrogen and oxygen atoms in total. The van der Waals surface area contributed by atoms with Crippen molar-refractivity contribution >= 4 is 11.9 Å². The first-order valence-electron chi connectivity index (χ1n) is 7.42. The van der Waals surface area contributed by atoms with Crippen molar-refractivity contribution in [2.75, 3.05) is 27.2 Å². The number of rotatable bonds is 7. The molecule has 6 heteroatoms. The molecule has 0 fully saturated rings. The lowest BCUT2D eigenvalue weighted by Gasteiger charge is -2.14. The minimum Gasteiger partial charge on any atom is -0.496 e. The van der Waals surface area contributed by atoms with Crippen LogP contribution in [0.5, 0.6) is 5.75 Å². The van der Waals surface area contributed by atoms with E-state index in [2.05, 4.69) is 20.9 Å². The van der Waals surface area contributed by atoms with Gasteiger partial charge in [-0.15, -0.1) is 0 Å². The molecule has 1 aromatic rings. The van der Waals surface area contributed by atoms with Crippen molar-refractivity contribution in [2.24, 2.45) is 10.9 Å². The van der Waals surface area contributed by atoms with Crippen LogP contribution in [0.4, 0.5) is 0 Å². The largest absolute Gasteiger partial charge is 0.496 e. The third kappa shape index (κ3) is 6.03. The van der Waals surface area contributed by atoms with Gasteiger partial charge in [-0.1, -0.05) is 32.0 Å². The molecule has 0 bridgehead atoms. The van der Waals surface area contributed by atoms with Gasteiger partial charge in [-0.3, -0.25) is 9.79 Å². The van der Waals surface area contributed by atoms with Crippen LogP contribution >= 0.6 is 0 Å². The van der Waals surface area contributed by atoms with Crippen molar-refractivity contribution in [3.05, 3.63) is 29.8 Å². The summed E-state index contributed by atoms with van der Waals surface area (Å²) < 4.78 is 5.31. The Balaban J connectivity index is 2.35. The molecule has 1 amide bonds. The molecule has 1 aromatic carbocycles. The highest BCUT2D eigenvalue weighted by molar-refractivity contribution is 5.80. The second kappa shape index (κ2) is 9.65. The fraction of sp³-hybridized carbons (Fsp3) is 0.500. The summed E-state index contributed by atoms with van der Waals surface area (Å²) in [6.07, 6.45) is 0. The Morgan fingerprint density at radius 1 is 1.18 bits per heavy atom. The smallest absolute Gasteiger partial charge is 0.222 e. The van der Waals surface area contributed by atoms with Crippen LogP contribution in [0.25, 0.3) is 0 Å². The summed E-state index contributed by atoms with van der Waals surface area (Å²) in [6.45, 7) is 5.53. The van der Waals surface area contributed by atoms with Crippen LogP contribution < -0.4 is 20.7 Å². The molecule has 0 radical (unpaired) electrons. The van der Waals surface area contributed by atoms with Crippen LogP contribution in [0.2, 0.25) is 0 Å². The zero-order valence-electron chi connectivity index (χ0n) is 13.8. The first-order valence-corrected chi connectivity index (χ1v) is 7.42. The third-order valence-electron chi connectivity index (χ3n) is 3.10. The maximum Gasteiger partial charge on any atom is 0.222 e. The highest BCUT2D eigenvalue weighted by Crippen LogP contribution is 2.16. The van der Waals surface area contributed by atoms with E-state index in [0.29, 0.717) is 25.6 Å². The maximum atomic E-state index is 11.4. The molecule has 22 heavy (non-hydrogen) atoms. The van der Waals surface area contributed by atoms with Crippen LogP contribution in [-0.2, 0) is 11.3 Å². The van der Waals surface area contributed by atoms with Gasteiger partial charge in [0.25, 0.3) is 0 Å². The van der Waals surface area contributed by atoms with Gasteiger partial charge in [-0.05, 0) is 6.07 Å². The Bertz CT molecular complexity index is 501. The lowest BCUT2D eigenvalue weighted by Crippen LogP contribution is -2.41. The molecule has 0 aliphatic rings. The van der Waals surface area contributed by atoms with E-state index in [1.54, 1.807) is 14.2 Å². The molecule has 0 saturated heterocycles. The minimum atomic E-state index is 0.00276. The minimum absolute atomic E-state index is 0.00276. The molecule has 0 aliphatic heterocycles. The van der Waals surface area contributed by atoms with E-state index in [9.17, 15) is 4.79 Å². The van der Waals surface area contributed by atoms with E-state index < -0.39 is 0 Å². The SMILES string of the molecule is CN=C(NCCNC(=O)C(C)C)NCc1ccccc1OC. The number of nitrogens with one attached hydrogen (secondary N) is 3. The lowest BCUT2D eigenvalue weighted by atomic mass is 10.2. The number of benzene rings is 1. The summed E-state index contributed by atoms with van der Waals surface area (Å²) in [5.41, 5.74) is 1.06. The predicted octanol–water partition coefficient (Wildman–Crippen LogP) is 1.13. The fourth-order valence-electron chi connectivity index (χ4n) is 1.82. The molecular formula is C16H26N4O2. The number of hydrogen-bond acceptors (Lipinski definition) is 3. The summed E-state index contributed by atoms with van der Waals surface area (Å²) in [7, 11) is 3.37. The van der Waals surface area contributed by atoms with Crippen molar-refractivity contribution in [1.29, 1.82) is 0 Å². The predicted molar refractivity (Wildman–Crippen MR) is 89.0 cm³/mol. The van der Waals surface area contributed by atoms with Crippen LogP contribution in [-0.4, -0.2) is 39.1 Å². The average Bonchev–Trinajstić information content (AvgIpc) is 2.54. The van der Waals surface area contributed by atoms with E-state index in [1.807, 2.05) is 38.1 Å². The summed E-state index contributed by atoms with van der Waals surface area (Å²) >= 11 is 0. The Labute approximate surface area is 132 Å². The van der Waals surface area contributed by atoms with Crippen LogP contribution in [0.15, 0.2) is 29.3 Å². The Morgan fingerprint density at radius 2 is 1.86 bits per heavy atom. The van der Waals surface area contributed by atoms with Gasteiger partial charge in [0, 0.05) is 38.2 Å². The Morgan fingerprint density at radius 3 is 2.50 bits per heavy atom. The topological polar surface area (TPSA) is 74.8 Å². The molecule has 0 atom stereocenters. The normalized spacial score (nSPS) is 11.2. The van der Waals surface area contributed by atoms with Crippen LogP contribution in [0.1, 0.15) is 19.4 Å². The second-order valence-electron chi connectivity index (χ2n) is 5.11. The van der Waals surface area contributed by atoms with Gasteiger partial charge in [0.1, 0.15) is 5.75 Å². The van der Waals surface area contributed by atoms with Crippen molar-refractivity contribution in [2.45, 2.75) is 20.4 Å². The zero-order valence-corrected chi connectivity index (χ0v) is 13.8. The molecular weight excluding hydrogens is 280 g/mol. The molecule has 3 N–H and O–H groups in total. The summed E-state index contributed by atoms with van der Waals surface area (Å²) in [5.74, 6) is 1.58. The highest BCUT2D eigenvalue weighted by Gasteiger charge is 2.06. The van der Waals surface area contributed by atoms with Crippen LogP contribution in [0.3, 0.4) is 0 Å². The Hall–Kier alpha value is -2.24. The summed E-state index contributed by atoms with van der Waals surface area (Å²) in [4.78, 5) is 15.6. The van der Waals surface area contributed by atoms with Gasteiger partial charge < -0.3 is 20.7 Å². The quantitative estimate of drug-likeness (QED) is 0.401. The second-order valence-corrected chi connectivity index (χ2v) is 5.11. The molecule has 0 heterocycles. The van der Waals surface area contributed by atoms with E-state index in [-0.39, 0.29) is 11.8 Å². The molecule has 0 unspecified atom stereocenters. The average molecular weight is 306 g/mol. The summed E-state index contributed by atoms with van der Waals surface area (Å²) in [5, 5.41) is 9.22. The molecule has 0 aliphatic carbocycles. The van der Waals surface area contributed by atoms with E-state index in [1.165, 1.54) is 0 Å². The van der Waals surface area contributed by atoms with Crippen LogP contribution in [0, 0.1) is 5.92 Å². The first-order chi connectivity index (χ1) is 10.6. The molecule has 0 spiro atoms. The highest BCUT2D eigenvalue weighted by atomic mass is 16.5. The number of carbonyl (C=O) groups is 1. The molecule has 0 saturated carbocycles. The van der Waals surface area contributed by atoms with Gasteiger partial charge in [0.05, 0.1) is 7.11 Å². The van der Waals surface area contributed by atoms with Crippen molar-refractivity contribution < 1.29 is 9.53 Å². The van der Waals surface area contributed by atoms with Gasteiger partial charge in [-0.2, -0.15) is 0 Å². The molecule has 1 rings (SSSR count). The number of ether oxygens (including phenoxy) is 1. The monoisotopic (exact) mass is 306 g/mol. The van der Waals surface area contributed by atoms with Crippen molar-refractivity contribution in [3.63, 3.8) is 0 Å². The number of guanidine groups is 1. The molecule has 0 aromatic heterocycles. The van der Waals surface area contributed by atoms with Crippen molar-refractivity contribution in [1.82, 2.24) is 16.0 Å². The number of aliphatic imine (C=N–C) groups is 1. The van der Waals surface area contributed by atoms with Gasteiger partial charge in [0.2, 0.25) is 5.91 Å². The maximum absolute atomic E-state index is 11.4. The number of hydrogen-bond donors (Lipinski definition) is 3. The standard InChI is InChI=1S/C16H26N4O2/c1-12(2)15(21)18-9-10-19-16(17-3)20-11-13-7-5-6-8-14(13)22-4/h5-8,12H,9-11H2,1-4H3,(H,18,21)(H2,17,19,20). The molecule has 122 valence electrons. The van der Waals surface area contributed by atoms with E-state index >= 15 is 0 Å². The third-order valence-corrected chi connectivity index (χ3v) is 3.10. The Kier molecular flexibility index (Phi) is 7.81. The van der Waals surface area contributed by atoms with E-state index in [0.717, 1.165) is 11.3 Å².